The fourth-order valence-electron chi connectivity index (χ4n) is 1.54. The highest BCUT2D eigenvalue weighted by molar-refractivity contribution is 5.65. The van der Waals surface area contributed by atoms with E-state index in [2.05, 4.69) is 0 Å². The van der Waals surface area contributed by atoms with Gasteiger partial charge in [-0.3, -0.25) is 0 Å². The molecule has 0 aromatic heterocycles. The maximum Gasteiger partial charge on any atom is 0.407 e. The Morgan fingerprint density at radius 1 is 1.69 bits per heavy atom. The van der Waals surface area contributed by atoms with Crippen molar-refractivity contribution in [3.63, 3.8) is 0 Å². The highest BCUT2D eigenvalue weighted by atomic mass is 16.5. The third-order valence-corrected chi connectivity index (χ3v) is 1.96. The van der Waals surface area contributed by atoms with E-state index in [4.69, 9.17) is 14.9 Å². The normalized spacial score (nSPS) is 27.3. The first-order valence-corrected chi connectivity index (χ1v) is 4.21. The van der Waals surface area contributed by atoms with Crippen LogP contribution in [0.25, 0.3) is 0 Å². The van der Waals surface area contributed by atoms with Crippen molar-refractivity contribution in [3.05, 3.63) is 0 Å². The summed E-state index contributed by atoms with van der Waals surface area (Å²) >= 11 is 0. The molecule has 0 spiro atoms. The van der Waals surface area contributed by atoms with Gasteiger partial charge in [-0.1, -0.05) is 0 Å². The summed E-state index contributed by atoms with van der Waals surface area (Å²) in [4.78, 5) is 12.0. The lowest BCUT2D eigenvalue weighted by Crippen LogP contribution is -2.55. The fourth-order valence-corrected chi connectivity index (χ4v) is 1.54. The lowest BCUT2D eigenvalue weighted by Gasteiger charge is -2.40. The molecule has 2 N–H and O–H groups in total. The first-order chi connectivity index (χ1) is 5.94. The molecular weight excluding hydrogens is 174 g/mol. The van der Waals surface area contributed by atoms with Crippen LogP contribution in [0.3, 0.4) is 0 Å². The summed E-state index contributed by atoms with van der Waals surface area (Å²) in [7, 11) is 0. The maximum absolute atomic E-state index is 10.7. The number of aliphatic hydroxyl groups excluding tert-OH is 1. The molecular formula is C8H15NO4. The van der Waals surface area contributed by atoms with Crippen LogP contribution in [0.15, 0.2) is 0 Å². The van der Waals surface area contributed by atoms with Crippen molar-refractivity contribution < 1.29 is 19.7 Å². The lowest BCUT2D eigenvalue weighted by atomic mass is 10.1. The summed E-state index contributed by atoms with van der Waals surface area (Å²) in [6.45, 7) is 4.07. The van der Waals surface area contributed by atoms with Gasteiger partial charge in [0, 0.05) is 0 Å². The average molecular weight is 189 g/mol. The SMILES string of the molecule is CC1(C)CN(C(=O)O)C[C@@H](CO)O1. The van der Waals surface area contributed by atoms with Crippen molar-refractivity contribution in [2.45, 2.75) is 25.6 Å². The molecule has 76 valence electrons. The van der Waals surface area contributed by atoms with Crippen molar-refractivity contribution in [1.82, 2.24) is 4.90 Å². The molecule has 0 bridgehead atoms. The number of amides is 1. The number of hydrogen-bond donors (Lipinski definition) is 2. The molecule has 1 atom stereocenters. The van der Waals surface area contributed by atoms with Gasteiger partial charge in [-0.25, -0.2) is 4.79 Å². The van der Waals surface area contributed by atoms with Gasteiger partial charge in [-0.15, -0.1) is 0 Å². The molecule has 1 saturated heterocycles. The second-order valence-corrected chi connectivity index (χ2v) is 3.85. The predicted octanol–water partition coefficient (Wildman–Crippen LogP) is 0.136. The molecule has 0 aromatic rings. The van der Waals surface area contributed by atoms with E-state index < -0.39 is 17.8 Å². The summed E-state index contributed by atoms with van der Waals surface area (Å²) in [5, 5.41) is 17.7. The summed E-state index contributed by atoms with van der Waals surface area (Å²) in [6, 6.07) is 0. The molecule has 1 rings (SSSR count). The van der Waals surface area contributed by atoms with Crippen LogP contribution in [0.5, 0.6) is 0 Å². The Hall–Kier alpha value is -0.810. The van der Waals surface area contributed by atoms with Crippen molar-refractivity contribution in [2.75, 3.05) is 19.7 Å². The largest absolute Gasteiger partial charge is 0.465 e. The van der Waals surface area contributed by atoms with Crippen LogP contribution in [-0.4, -0.2) is 52.6 Å². The van der Waals surface area contributed by atoms with Crippen LogP contribution in [-0.2, 0) is 4.74 Å². The van der Waals surface area contributed by atoms with E-state index in [1.54, 1.807) is 0 Å². The topological polar surface area (TPSA) is 70.0 Å². The number of morpholine rings is 1. The Morgan fingerprint density at radius 3 is 2.77 bits per heavy atom. The Balaban J connectivity index is 2.65. The van der Waals surface area contributed by atoms with E-state index in [-0.39, 0.29) is 13.2 Å². The van der Waals surface area contributed by atoms with Crippen LogP contribution in [0.1, 0.15) is 13.8 Å². The van der Waals surface area contributed by atoms with E-state index in [1.807, 2.05) is 13.8 Å². The molecule has 0 aromatic carbocycles. The minimum absolute atomic E-state index is 0.146. The second-order valence-electron chi connectivity index (χ2n) is 3.85. The zero-order valence-corrected chi connectivity index (χ0v) is 7.86. The third kappa shape index (κ3) is 2.57. The summed E-state index contributed by atoms with van der Waals surface area (Å²) in [5.41, 5.74) is -0.510. The van der Waals surface area contributed by atoms with Crippen LogP contribution < -0.4 is 0 Å². The number of carboxylic acid groups (broad SMARTS) is 1. The van der Waals surface area contributed by atoms with Crippen molar-refractivity contribution in [2.24, 2.45) is 0 Å². The number of aliphatic hydroxyl groups is 1. The molecule has 1 heterocycles. The molecule has 0 unspecified atom stereocenters. The van der Waals surface area contributed by atoms with Gasteiger partial charge >= 0.3 is 6.09 Å². The van der Waals surface area contributed by atoms with Gasteiger partial charge in [0.15, 0.2) is 0 Å². The van der Waals surface area contributed by atoms with E-state index in [0.717, 1.165) is 0 Å². The molecule has 13 heavy (non-hydrogen) atoms. The third-order valence-electron chi connectivity index (χ3n) is 1.96. The first-order valence-electron chi connectivity index (χ1n) is 4.21. The number of hydrogen-bond acceptors (Lipinski definition) is 3. The van der Waals surface area contributed by atoms with Crippen molar-refractivity contribution >= 4 is 6.09 Å². The van der Waals surface area contributed by atoms with Gasteiger partial charge < -0.3 is 19.8 Å². The van der Waals surface area contributed by atoms with E-state index in [9.17, 15) is 4.79 Å². The Bertz CT molecular complexity index is 204. The van der Waals surface area contributed by atoms with Crippen LogP contribution in [0.2, 0.25) is 0 Å². The number of carbonyl (C=O) groups is 1. The monoisotopic (exact) mass is 189 g/mol. The second kappa shape index (κ2) is 3.51. The van der Waals surface area contributed by atoms with Crippen LogP contribution in [0.4, 0.5) is 4.79 Å². The standard InChI is InChI=1S/C8H15NO4/c1-8(2)5-9(7(11)12)3-6(4-10)13-8/h6,10H,3-5H2,1-2H3,(H,11,12)/t6-/m0/s1. The minimum atomic E-state index is -0.963. The predicted molar refractivity (Wildman–Crippen MR) is 45.6 cm³/mol. The zero-order chi connectivity index (χ0) is 10.1. The van der Waals surface area contributed by atoms with Crippen molar-refractivity contribution in [1.29, 1.82) is 0 Å². The molecule has 1 aliphatic heterocycles. The summed E-state index contributed by atoms with van der Waals surface area (Å²) in [6.07, 6.45) is -1.37. The van der Waals surface area contributed by atoms with Gasteiger partial charge in [-0.2, -0.15) is 0 Å². The van der Waals surface area contributed by atoms with Gasteiger partial charge in [0.25, 0.3) is 0 Å². The van der Waals surface area contributed by atoms with Crippen LogP contribution in [0, 0.1) is 0 Å². The molecule has 0 radical (unpaired) electrons. The first kappa shape index (κ1) is 10.3. The van der Waals surface area contributed by atoms with E-state index in [0.29, 0.717) is 6.54 Å². The zero-order valence-electron chi connectivity index (χ0n) is 7.86. The smallest absolute Gasteiger partial charge is 0.407 e. The molecule has 1 aliphatic rings. The van der Waals surface area contributed by atoms with Gasteiger partial charge in [0.2, 0.25) is 0 Å². The highest BCUT2D eigenvalue weighted by Crippen LogP contribution is 2.20. The van der Waals surface area contributed by atoms with E-state index in [1.165, 1.54) is 4.90 Å². The summed E-state index contributed by atoms with van der Waals surface area (Å²) < 4.78 is 5.45. The van der Waals surface area contributed by atoms with Gasteiger partial charge in [-0.05, 0) is 13.8 Å². The molecule has 0 saturated carbocycles. The van der Waals surface area contributed by atoms with Gasteiger partial charge in [0.05, 0.1) is 31.4 Å². The molecule has 0 aliphatic carbocycles. The quantitative estimate of drug-likeness (QED) is 0.615. The molecule has 1 amide bonds. The lowest BCUT2D eigenvalue weighted by molar-refractivity contribution is -0.141. The summed E-state index contributed by atoms with van der Waals surface area (Å²) in [5.74, 6) is 0. The van der Waals surface area contributed by atoms with Gasteiger partial charge in [0.1, 0.15) is 0 Å². The average Bonchev–Trinajstić information content (AvgIpc) is 2.01. The van der Waals surface area contributed by atoms with E-state index >= 15 is 0 Å². The number of ether oxygens (including phenoxy) is 1. The molecule has 5 nitrogen and oxygen atoms in total. The maximum atomic E-state index is 10.7. The highest BCUT2D eigenvalue weighted by Gasteiger charge is 2.35. The Kier molecular flexibility index (Phi) is 2.77. The Morgan fingerprint density at radius 2 is 2.31 bits per heavy atom. The molecule has 1 fully saturated rings. The number of nitrogens with zero attached hydrogens (tertiary/aromatic N) is 1. The fraction of sp³-hybridized carbons (Fsp3) is 0.875. The minimum Gasteiger partial charge on any atom is -0.465 e. The van der Waals surface area contributed by atoms with Crippen LogP contribution >= 0.6 is 0 Å². The Labute approximate surface area is 76.9 Å². The number of rotatable bonds is 1. The van der Waals surface area contributed by atoms with Crippen molar-refractivity contribution in [3.8, 4) is 0 Å². The molecule has 5 heteroatoms.